The molecule has 1 N–H and O–H groups in total. The number of fused-ring (bicyclic) bond motifs is 1. The quantitative estimate of drug-likeness (QED) is 0.530. The van der Waals surface area contributed by atoms with Gasteiger partial charge in [-0.25, -0.2) is 9.37 Å². The average molecular weight is 427 g/mol. The Kier molecular flexibility index (Phi) is 6.93. The summed E-state index contributed by atoms with van der Waals surface area (Å²) in [5.74, 6) is 1.26. The van der Waals surface area contributed by atoms with E-state index in [1.807, 2.05) is 6.92 Å². The first-order chi connectivity index (χ1) is 14.0. The van der Waals surface area contributed by atoms with E-state index >= 15 is 0 Å². The van der Waals surface area contributed by atoms with Gasteiger partial charge < -0.3 is 10.2 Å². The van der Waals surface area contributed by atoms with Gasteiger partial charge in [-0.3, -0.25) is 0 Å². The molecule has 0 bridgehead atoms. The number of anilines is 3. The van der Waals surface area contributed by atoms with Crippen LogP contribution in [-0.2, 0) is 12.8 Å². The fourth-order valence-corrected chi connectivity index (χ4v) is 4.04. The molecule has 4 nitrogen and oxygen atoms in total. The number of aryl methyl sites for hydroxylation is 2. The summed E-state index contributed by atoms with van der Waals surface area (Å²) >= 11 is 0. The fourth-order valence-electron chi connectivity index (χ4n) is 4.04. The normalized spacial score (nSPS) is 15.3. The van der Waals surface area contributed by atoms with Crippen LogP contribution in [0, 0.1) is 12.7 Å². The summed E-state index contributed by atoms with van der Waals surface area (Å²) in [7, 11) is 0. The van der Waals surface area contributed by atoms with Crippen LogP contribution in [0.1, 0.15) is 48.7 Å². The summed E-state index contributed by atoms with van der Waals surface area (Å²) in [5, 5.41) is 3.30. The molecule has 3 aromatic rings. The maximum atomic E-state index is 13.5. The smallest absolute Gasteiger partial charge is 0.229 e. The van der Waals surface area contributed by atoms with E-state index in [9.17, 15) is 4.39 Å². The van der Waals surface area contributed by atoms with Crippen LogP contribution in [0.3, 0.4) is 0 Å². The van der Waals surface area contributed by atoms with Crippen LogP contribution in [0.2, 0.25) is 0 Å². The highest BCUT2D eigenvalue weighted by Gasteiger charge is 2.25. The lowest BCUT2D eigenvalue weighted by Gasteiger charge is -2.36. The highest BCUT2D eigenvalue weighted by molar-refractivity contribution is 5.85. The van der Waals surface area contributed by atoms with Gasteiger partial charge in [0.05, 0.1) is 6.04 Å². The second-order valence-corrected chi connectivity index (χ2v) is 7.69. The summed E-state index contributed by atoms with van der Waals surface area (Å²) in [5.41, 5.74) is 5.45. The van der Waals surface area contributed by atoms with E-state index in [1.165, 1.54) is 23.3 Å². The molecule has 4 rings (SSSR count). The molecule has 0 spiro atoms. The summed E-state index contributed by atoms with van der Waals surface area (Å²) in [6.45, 7) is 7.19. The van der Waals surface area contributed by atoms with Crippen molar-refractivity contribution in [3.63, 3.8) is 0 Å². The molecule has 1 unspecified atom stereocenters. The van der Waals surface area contributed by atoms with Crippen molar-refractivity contribution in [1.29, 1.82) is 0 Å². The second-order valence-electron chi connectivity index (χ2n) is 7.69. The maximum Gasteiger partial charge on any atom is 0.229 e. The van der Waals surface area contributed by atoms with Gasteiger partial charge in [-0.2, -0.15) is 4.98 Å². The van der Waals surface area contributed by atoms with E-state index in [2.05, 4.69) is 54.4 Å². The van der Waals surface area contributed by atoms with Gasteiger partial charge in [0.1, 0.15) is 11.6 Å². The van der Waals surface area contributed by atoms with Gasteiger partial charge in [0.15, 0.2) is 0 Å². The predicted octanol–water partition coefficient (Wildman–Crippen LogP) is 6.17. The summed E-state index contributed by atoms with van der Waals surface area (Å²) in [6, 6.07) is 15.7. The van der Waals surface area contributed by atoms with Crippen molar-refractivity contribution in [3.8, 4) is 0 Å². The minimum atomic E-state index is -0.241. The number of aromatic nitrogens is 2. The molecule has 0 fully saturated rings. The zero-order chi connectivity index (χ0) is 20.4. The van der Waals surface area contributed by atoms with E-state index in [1.54, 1.807) is 6.07 Å². The lowest BCUT2D eigenvalue weighted by Crippen LogP contribution is -2.34. The monoisotopic (exact) mass is 426 g/mol. The van der Waals surface area contributed by atoms with Crippen molar-refractivity contribution >= 4 is 29.9 Å². The van der Waals surface area contributed by atoms with E-state index in [0.29, 0.717) is 5.95 Å². The summed E-state index contributed by atoms with van der Waals surface area (Å²) < 4.78 is 13.5. The first-order valence-corrected chi connectivity index (χ1v) is 10.3. The standard InChI is InChI=1S/C24H27FN4.ClH/c1-4-7-20-15-23(29-13-12-18-8-5-6-9-21(18)17(29)3)28-24(26-20)27-22-11-10-19(25)14-16(22)2;/h5-6,8-11,14-15,17H,4,7,12-13H2,1-3H3,(H,26,27,28);1H. The summed E-state index contributed by atoms with van der Waals surface area (Å²) in [6.07, 6.45) is 2.92. The van der Waals surface area contributed by atoms with E-state index in [-0.39, 0.29) is 24.3 Å². The van der Waals surface area contributed by atoms with Crippen LogP contribution in [0.5, 0.6) is 0 Å². The Bertz CT molecular complexity index is 1020. The molecule has 0 saturated heterocycles. The third kappa shape index (κ3) is 4.57. The van der Waals surface area contributed by atoms with Gasteiger partial charge in [-0.05, 0) is 61.6 Å². The van der Waals surface area contributed by atoms with E-state index in [4.69, 9.17) is 9.97 Å². The molecule has 30 heavy (non-hydrogen) atoms. The van der Waals surface area contributed by atoms with Gasteiger partial charge in [-0.15, -0.1) is 12.4 Å². The van der Waals surface area contributed by atoms with Gasteiger partial charge in [0.2, 0.25) is 5.95 Å². The molecule has 1 atom stereocenters. The van der Waals surface area contributed by atoms with E-state index in [0.717, 1.165) is 48.6 Å². The summed E-state index contributed by atoms with van der Waals surface area (Å²) in [4.78, 5) is 11.9. The Morgan fingerprint density at radius 2 is 1.93 bits per heavy atom. The van der Waals surface area contributed by atoms with Crippen LogP contribution in [-0.4, -0.2) is 16.5 Å². The highest BCUT2D eigenvalue weighted by Crippen LogP contribution is 2.33. The molecule has 0 aliphatic carbocycles. The van der Waals surface area contributed by atoms with Gasteiger partial charge in [-0.1, -0.05) is 37.6 Å². The zero-order valence-electron chi connectivity index (χ0n) is 17.7. The fraction of sp³-hybridized carbons (Fsp3) is 0.333. The molecule has 0 radical (unpaired) electrons. The van der Waals surface area contributed by atoms with Gasteiger partial charge in [0.25, 0.3) is 0 Å². The Morgan fingerprint density at radius 3 is 2.70 bits per heavy atom. The van der Waals surface area contributed by atoms with Crippen LogP contribution >= 0.6 is 12.4 Å². The molecule has 0 saturated carbocycles. The van der Waals surface area contributed by atoms with Crippen LogP contribution < -0.4 is 10.2 Å². The molecule has 0 amide bonds. The highest BCUT2D eigenvalue weighted by atomic mass is 35.5. The Morgan fingerprint density at radius 1 is 1.13 bits per heavy atom. The lowest BCUT2D eigenvalue weighted by atomic mass is 9.93. The number of nitrogens with one attached hydrogen (secondary N) is 1. The topological polar surface area (TPSA) is 41.1 Å². The molecule has 1 aromatic heterocycles. The molecule has 1 aliphatic heterocycles. The van der Waals surface area contributed by atoms with Crippen molar-refractivity contribution in [2.45, 2.75) is 46.1 Å². The Hall–Kier alpha value is -2.66. The molecule has 2 aromatic carbocycles. The lowest BCUT2D eigenvalue weighted by molar-refractivity contribution is 0.616. The first kappa shape index (κ1) is 22.0. The largest absolute Gasteiger partial charge is 0.349 e. The van der Waals surface area contributed by atoms with Gasteiger partial charge >= 0.3 is 0 Å². The molecule has 1 aliphatic rings. The SMILES string of the molecule is CCCc1cc(N2CCc3ccccc3C2C)nc(Nc2ccc(F)cc2C)n1.Cl. The molecular weight excluding hydrogens is 399 g/mol. The number of benzene rings is 2. The van der Waals surface area contributed by atoms with Crippen molar-refractivity contribution in [2.24, 2.45) is 0 Å². The molecule has 6 heteroatoms. The molecular formula is C24H28ClFN4. The van der Waals surface area contributed by atoms with Crippen LogP contribution in [0.15, 0.2) is 48.5 Å². The molecule has 2 heterocycles. The minimum Gasteiger partial charge on any atom is -0.349 e. The Labute approximate surface area is 184 Å². The maximum absolute atomic E-state index is 13.5. The Balaban J connectivity index is 0.00000256. The van der Waals surface area contributed by atoms with Crippen molar-refractivity contribution in [3.05, 3.63) is 76.7 Å². The van der Waals surface area contributed by atoms with Gasteiger partial charge in [0, 0.05) is 24.0 Å². The van der Waals surface area contributed by atoms with Crippen LogP contribution in [0.25, 0.3) is 0 Å². The number of hydrogen-bond acceptors (Lipinski definition) is 4. The van der Waals surface area contributed by atoms with Crippen molar-refractivity contribution in [2.75, 3.05) is 16.8 Å². The molecule has 158 valence electrons. The number of nitrogens with zero attached hydrogens (tertiary/aromatic N) is 3. The van der Waals surface area contributed by atoms with E-state index < -0.39 is 0 Å². The number of rotatable bonds is 5. The van der Waals surface area contributed by atoms with Crippen LogP contribution in [0.4, 0.5) is 21.8 Å². The predicted molar refractivity (Wildman–Crippen MR) is 124 cm³/mol. The number of hydrogen-bond donors (Lipinski definition) is 1. The minimum absolute atomic E-state index is 0. The third-order valence-corrected chi connectivity index (χ3v) is 5.60. The second kappa shape index (κ2) is 9.43. The van der Waals surface area contributed by atoms with Crippen molar-refractivity contribution < 1.29 is 4.39 Å². The number of halogens is 2. The first-order valence-electron chi connectivity index (χ1n) is 10.3. The average Bonchev–Trinajstić information content (AvgIpc) is 2.71. The zero-order valence-corrected chi connectivity index (χ0v) is 18.5. The third-order valence-electron chi connectivity index (χ3n) is 5.60. The van der Waals surface area contributed by atoms with Crippen molar-refractivity contribution in [1.82, 2.24) is 9.97 Å².